The van der Waals surface area contributed by atoms with E-state index in [1.165, 1.54) is 21.0 Å². The summed E-state index contributed by atoms with van der Waals surface area (Å²) in [5, 5.41) is 10.0. The van der Waals surface area contributed by atoms with Gasteiger partial charge in [-0.25, -0.2) is 0 Å². The number of carbonyl (C=O) groups excluding carboxylic acids is 8. The summed E-state index contributed by atoms with van der Waals surface area (Å²) in [4.78, 5) is 100.0. The molecule has 0 aliphatic rings. The highest BCUT2D eigenvalue weighted by Crippen LogP contribution is 2.14. The Labute approximate surface area is 282 Å². The number of amides is 7. The van der Waals surface area contributed by atoms with Crippen molar-refractivity contribution >= 4 is 47.3 Å². The van der Waals surface area contributed by atoms with Crippen molar-refractivity contribution in [1.29, 1.82) is 0 Å². The largest absolute Gasteiger partial charge is 0.427 e. The Morgan fingerprint density at radius 3 is 1.80 bits per heavy atom. The molecule has 264 valence electrons. The number of carbonyl (C=O) groups is 8. The number of rotatable bonds is 19. The van der Waals surface area contributed by atoms with E-state index in [0.717, 1.165) is 4.90 Å². The van der Waals surface area contributed by atoms with Crippen LogP contribution in [0, 0.1) is 0 Å². The summed E-state index contributed by atoms with van der Waals surface area (Å²) in [7, 11) is 2.82. The van der Waals surface area contributed by atoms with Crippen LogP contribution in [-0.4, -0.2) is 97.0 Å². The first-order valence-electron chi connectivity index (χ1n) is 15.1. The van der Waals surface area contributed by atoms with Crippen molar-refractivity contribution in [3.8, 4) is 5.75 Å². The summed E-state index contributed by atoms with van der Waals surface area (Å²) < 4.78 is 5.00. The van der Waals surface area contributed by atoms with E-state index >= 15 is 0 Å². The first-order chi connectivity index (χ1) is 23.1. The lowest BCUT2D eigenvalue weighted by Gasteiger charge is -2.29. The molecule has 0 heterocycles. The van der Waals surface area contributed by atoms with E-state index in [2.05, 4.69) is 21.3 Å². The Balaban J connectivity index is 2.14. The Hall–Kier alpha value is -5.84. The van der Waals surface area contributed by atoms with Gasteiger partial charge in [0.2, 0.25) is 41.4 Å². The van der Waals surface area contributed by atoms with Gasteiger partial charge in [-0.2, -0.15) is 0 Å². The molecule has 0 aliphatic carbocycles. The highest BCUT2D eigenvalue weighted by atomic mass is 16.5. The van der Waals surface area contributed by atoms with Crippen molar-refractivity contribution < 1.29 is 43.1 Å². The lowest BCUT2D eigenvalue weighted by Crippen LogP contribution is -2.57. The quantitative estimate of drug-likeness (QED) is 0.0588. The maximum Gasteiger partial charge on any atom is 0.308 e. The molecule has 0 unspecified atom stereocenters. The van der Waals surface area contributed by atoms with E-state index in [0.29, 0.717) is 16.9 Å². The maximum atomic E-state index is 13.3. The molecule has 0 aromatic heterocycles. The highest BCUT2D eigenvalue weighted by Gasteiger charge is 2.32. The topological polar surface area (TPSA) is 275 Å². The zero-order chi connectivity index (χ0) is 36.7. The zero-order valence-electron chi connectivity index (χ0n) is 27.4. The molecule has 17 heteroatoms. The van der Waals surface area contributed by atoms with E-state index in [9.17, 15) is 38.4 Å². The molecule has 7 amide bonds. The van der Waals surface area contributed by atoms with Crippen LogP contribution in [0.1, 0.15) is 30.9 Å². The van der Waals surface area contributed by atoms with Gasteiger partial charge in [0, 0.05) is 20.4 Å². The van der Waals surface area contributed by atoms with E-state index < -0.39 is 90.9 Å². The van der Waals surface area contributed by atoms with E-state index in [4.69, 9.17) is 21.9 Å². The van der Waals surface area contributed by atoms with Crippen LogP contribution in [0.25, 0.3) is 0 Å². The number of hydrogen-bond acceptors (Lipinski definition) is 10. The molecule has 2 rings (SSSR count). The summed E-state index contributed by atoms with van der Waals surface area (Å²) in [6, 6.07) is 10.1. The van der Waals surface area contributed by atoms with E-state index in [1.807, 2.05) is 0 Å². The number of nitrogens with zero attached hydrogens (tertiary/aromatic N) is 1. The van der Waals surface area contributed by atoms with Crippen LogP contribution in [-0.2, 0) is 51.2 Å². The van der Waals surface area contributed by atoms with Crippen molar-refractivity contribution in [2.45, 2.75) is 56.8 Å². The molecule has 0 saturated heterocycles. The Morgan fingerprint density at radius 1 is 0.714 bits per heavy atom. The number of likely N-dealkylation sites (N-methyl/N-ethyl adjacent to an activating group) is 2. The normalized spacial score (nSPS) is 13.0. The molecule has 49 heavy (non-hydrogen) atoms. The summed E-state index contributed by atoms with van der Waals surface area (Å²) in [5.41, 5.74) is 17.2. The predicted octanol–water partition coefficient (Wildman–Crippen LogP) is -2.87. The number of esters is 1. The molecule has 0 fully saturated rings. The summed E-state index contributed by atoms with van der Waals surface area (Å²) in [6.07, 6.45) is -0.986. The van der Waals surface area contributed by atoms with Crippen LogP contribution in [0.15, 0.2) is 54.6 Å². The zero-order valence-corrected chi connectivity index (χ0v) is 27.4. The molecule has 0 bridgehead atoms. The Bertz CT molecular complexity index is 1520. The van der Waals surface area contributed by atoms with Gasteiger partial charge in [-0.15, -0.1) is 0 Å². The lowest BCUT2D eigenvalue weighted by molar-refractivity contribution is -0.140. The monoisotopic (exact) mass is 682 g/mol. The number of primary amides is 3. The third-order valence-electron chi connectivity index (χ3n) is 7.24. The van der Waals surface area contributed by atoms with Crippen LogP contribution in [0.3, 0.4) is 0 Å². The number of ether oxygens (including phenoxy) is 1. The fourth-order valence-electron chi connectivity index (χ4n) is 4.62. The van der Waals surface area contributed by atoms with Gasteiger partial charge in [0.25, 0.3) is 0 Å². The van der Waals surface area contributed by atoms with Gasteiger partial charge in [-0.05, 0) is 36.7 Å². The van der Waals surface area contributed by atoms with Crippen molar-refractivity contribution in [1.82, 2.24) is 26.2 Å². The van der Waals surface area contributed by atoms with Crippen LogP contribution in [0.5, 0.6) is 5.75 Å². The Kier molecular flexibility index (Phi) is 15.3. The third-order valence-corrected chi connectivity index (χ3v) is 7.24. The second kappa shape index (κ2) is 19.1. The van der Waals surface area contributed by atoms with Gasteiger partial charge in [-0.3, -0.25) is 38.4 Å². The second-order valence-electron chi connectivity index (χ2n) is 11.1. The van der Waals surface area contributed by atoms with Crippen molar-refractivity contribution in [2.75, 3.05) is 20.6 Å². The second-order valence-corrected chi connectivity index (χ2v) is 11.1. The smallest absolute Gasteiger partial charge is 0.308 e. The summed E-state index contributed by atoms with van der Waals surface area (Å²) in [6.45, 7) is 0.617. The van der Waals surface area contributed by atoms with Crippen LogP contribution >= 0.6 is 0 Å². The molecular formula is C32H42N8O9. The first-order valence-corrected chi connectivity index (χ1v) is 15.1. The molecule has 2 aromatic rings. The number of nitrogens with one attached hydrogen (secondary N) is 4. The van der Waals surface area contributed by atoms with Gasteiger partial charge in [0.05, 0.1) is 25.4 Å². The maximum absolute atomic E-state index is 13.3. The summed E-state index contributed by atoms with van der Waals surface area (Å²) >= 11 is 0. The molecular weight excluding hydrogens is 640 g/mol. The fraction of sp³-hybridized carbons (Fsp3) is 0.375. The van der Waals surface area contributed by atoms with E-state index in [-0.39, 0.29) is 12.8 Å². The van der Waals surface area contributed by atoms with E-state index in [1.54, 1.807) is 54.6 Å². The lowest BCUT2D eigenvalue weighted by atomic mass is 10.0. The van der Waals surface area contributed by atoms with Crippen LogP contribution in [0.2, 0.25) is 0 Å². The molecule has 10 N–H and O–H groups in total. The minimum atomic E-state index is -1.45. The molecule has 0 saturated carbocycles. The van der Waals surface area contributed by atoms with Crippen molar-refractivity contribution in [2.24, 2.45) is 17.2 Å². The van der Waals surface area contributed by atoms with Crippen LogP contribution < -0.4 is 43.2 Å². The molecule has 2 aromatic carbocycles. The van der Waals surface area contributed by atoms with Crippen molar-refractivity contribution in [3.05, 3.63) is 65.7 Å². The minimum absolute atomic E-state index is 0.0108. The Morgan fingerprint density at radius 2 is 1.27 bits per heavy atom. The van der Waals surface area contributed by atoms with Gasteiger partial charge in [-0.1, -0.05) is 42.5 Å². The van der Waals surface area contributed by atoms with Gasteiger partial charge in [0.15, 0.2) is 0 Å². The number of hydrogen-bond donors (Lipinski definition) is 7. The van der Waals surface area contributed by atoms with Gasteiger partial charge in [0.1, 0.15) is 23.9 Å². The first kappa shape index (κ1) is 39.3. The number of nitrogens with two attached hydrogens (primary N) is 3. The SMILES string of the molecule is CN[C@@H](Cc1ccc(OC(C)=O)cc1)C(=O)N[C@H](CC(N)=O)C(=O)NCC(=O)N(C)[C@@H](Cc1ccccc1)C(=O)N[C@H](CC(N)=O)C(N)=O. The predicted molar refractivity (Wildman–Crippen MR) is 175 cm³/mol. The average Bonchev–Trinajstić information content (AvgIpc) is 3.04. The molecule has 0 radical (unpaired) electrons. The van der Waals surface area contributed by atoms with Crippen LogP contribution in [0.4, 0.5) is 0 Å². The molecule has 0 aliphatic heterocycles. The van der Waals surface area contributed by atoms with Gasteiger partial charge >= 0.3 is 5.97 Å². The molecule has 17 nitrogen and oxygen atoms in total. The third kappa shape index (κ3) is 13.4. The molecule has 4 atom stereocenters. The summed E-state index contributed by atoms with van der Waals surface area (Å²) in [5.74, 6) is -6.05. The minimum Gasteiger partial charge on any atom is -0.427 e. The highest BCUT2D eigenvalue weighted by molar-refractivity contribution is 5.96. The number of benzene rings is 2. The molecule has 0 spiro atoms. The fourth-order valence-corrected chi connectivity index (χ4v) is 4.62. The van der Waals surface area contributed by atoms with Gasteiger partial charge < -0.3 is 48.1 Å². The average molecular weight is 683 g/mol. The standard InChI is InChI=1S/C32H42N8O9/c1-18(41)49-21-11-9-20(10-12-21)13-23(36-2)31(47)39-24(16-27(34)43)30(46)37-17-28(44)40(3)25(14-19-7-5-4-6-8-19)32(48)38-22(29(35)45)15-26(33)42/h4-12,22-25,36H,13-17H2,1-3H3,(H2,33,42)(H2,34,43)(H2,35,45)(H,37,46)(H,38,48)(H,39,47)/t22-,23+,24-,25+/m1/s1. The van der Waals surface area contributed by atoms with Crippen molar-refractivity contribution in [3.63, 3.8) is 0 Å².